The van der Waals surface area contributed by atoms with Crippen LogP contribution in [0.15, 0.2) is 42.6 Å². The molecule has 0 aliphatic rings. The number of alkyl halides is 3. The van der Waals surface area contributed by atoms with Crippen molar-refractivity contribution in [2.24, 2.45) is 0 Å². The average molecular weight is 296 g/mol. The molecule has 8 heteroatoms. The molecule has 21 heavy (non-hydrogen) atoms. The maximum Gasteiger partial charge on any atom is 0.433 e. The summed E-state index contributed by atoms with van der Waals surface area (Å²) in [6.45, 7) is 0. The van der Waals surface area contributed by atoms with Crippen molar-refractivity contribution in [3.63, 3.8) is 0 Å². The number of nitrogen functional groups attached to an aromatic ring is 1. The van der Waals surface area contributed by atoms with E-state index in [4.69, 9.17) is 5.73 Å². The van der Waals surface area contributed by atoms with E-state index in [0.717, 1.165) is 18.3 Å². The summed E-state index contributed by atoms with van der Waals surface area (Å²) in [7, 11) is 0. The molecule has 0 radical (unpaired) electrons. The number of hydrogen-bond acceptors (Lipinski definition) is 3. The summed E-state index contributed by atoms with van der Waals surface area (Å²) in [5.41, 5.74) is 5.62. The highest BCUT2D eigenvalue weighted by Crippen LogP contribution is 2.27. The summed E-state index contributed by atoms with van der Waals surface area (Å²) in [5.74, 6) is 0. The normalized spacial score (nSPS) is 11.0. The number of carbonyl (C=O) groups is 1. The standard InChI is InChI=1S/C13H11F3N4O/c14-13(15,16)11-5-4-10(7-18-11)20-12(21)19-9-3-1-2-8(17)6-9/h1-7H,17H2,(H2,19,20,21). The molecule has 0 saturated heterocycles. The van der Waals surface area contributed by atoms with Crippen LogP contribution in [0.1, 0.15) is 5.69 Å². The highest BCUT2D eigenvalue weighted by Gasteiger charge is 2.32. The first-order chi connectivity index (χ1) is 9.84. The van der Waals surface area contributed by atoms with Gasteiger partial charge in [-0.1, -0.05) is 6.07 Å². The number of anilines is 3. The molecule has 0 fully saturated rings. The van der Waals surface area contributed by atoms with Gasteiger partial charge in [-0.2, -0.15) is 13.2 Å². The van der Waals surface area contributed by atoms with E-state index in [9.17, 15) is 18.0 Å². The second kappa shape index (κ2) is 5.70. The van der Waals surface area contributed by atoms with Crippen molar-refractivity contribution in [1.82, 2.24) is 4.98 Å². The number of pyridine rings is 1. The lowest BCUT2D eigenvalue weighted by molar-refractivity contribution is -0.141. The number of benzene rings is 1. The van der Waals surface area contributed by atoms with Crippen LogP contribution >= 0.6 is 0 Å². The lowest BCUT2D eigenvalue weighted by Crippen LogP contribution is -2.19. The molecule has 0 saturated carbocycles. The molecule has 2 aromatic rings. The first-order valence-corrected chi connectivity index (χ1v) is 5.81. The molecule has 0 aliphatic carbocycles. The predicted molar refractivity (Wildman–Crippen MR) is 72.7 cm³/mol. The Hall–Kier alpha value is -2.77. The maximum absolute atomic E-state index is 12.3. The second-order valence-corrected chi connectivity index (χ2v) is 4.13. The fraction of sp³-hybridized carbons (Fsp3) is 0.0769. The van der Waals surface area contributed by atoms with Gasteiger partial charge in [-0.3, -0.25) is 0 Å². The number of urea groups is 1. The number of nitrogens with zero attached hydrogens (tertiary/aromatic N) is 1. The molecule has 5 nitrogen and oxygen atoms in total. The minimum Gasteiger partial charge on any atom is -0.399 e. The SMILES string of the molecule is Nc1cccc(NC(=O)Nc2ccc(C(F)(F)F)nc2)c1. The van der Waals surface area contributed by atoms with Crippen LogP contribution in [0, 0.1) is 0 Å². The average Bonchev–Trinajstić information content (AvgIpc) is 2.38. The minimum atomic E-state index is -4.51. The molecule has 4 N–H and O–H groups in total. The van der Waals surface area contributed by atoms with Crippen LogP contribution in [0.2, 0.25) is 0 Å². The number of nitrogens with two attached hydrogens (primary N) is 1. The topological polar surface area (TPSA) is 80.0 Å². The van der Waals surface area contributed by atoms with Crippen LogP contribution in [0.5, 0.6) is 0 Å². The fourth-order valence-electron chi connectivity index (χ4n) is 1.55. The van der Waals surface area contributed by atoms with E-state index in [-0.39, 0.29) is 5.69 Å². The first-order valence-electron chi connectivity index (χ1n) is 5.81. The molecule has 0 aliphatic heterocycles. The lowest BCUT2D eigenvalue weighted by Gasteiger charge is -2.09. The van der Waals surface area contributed by atoms with Gasteiger partial charge in [0.15, 0.2) is 0 Å². The number of aromatic nitrogens is 1. The van der Waals surface area contributed by atoms with Gasteiger partial charge in [-0.25, -0.2) is 9.78 Å². The number of amides is 2. The minimum absolute atomic E-state index is 0.143. The van der Waals surface area contributed by atoms with Crippen molar-refractivity contribution < 1.29 is 18.0 Å². The molecule has 110 valence electrons. The van der Waals surface area contributed by atoms with Crippen LogP contribution < -0.4 is 16.4 Å². The maximum atomic E-state index is 12.3. The third-order valence-corrected chi connectivity index (χ3v) is 2.46. The highest BCUT2D eigenvalue weighted by molar-refractivity contribution is 5.99. The largest absolute Gasteiger partial charge is 0.433 e. The summed E-state index contributed by atoms with van der Waals surface area (Å²) in [6.07, 6.45) is -3.58. The molecule has 2 rings (SSSR count). The van der Waals surface area contributed by atoms with Crippen molar-refractivity contribution >= 4 is 23.1 Å². The Morgan fingerprint density at radius 3 is 2.38 bits per heavy atom. The Morgan fingerprint density at radius 1 is 1.10 bits per heavy atom. The van der Waals surface area contributed by atoms with Crippen molar-refractivity contribution in [2.45, 2.75) is 6.18 Å². The van der Waals surface area contributed by atoms with E-state index in [0.29, 0.717) is 11.4 Å². The van der Waals surface area contributed by atoms with Gasteiger partial charge < -0.3 is 16.4 Å². The van der Waals surface area contributed by atoms with Gasteiger partial charge >= 0.3 is 12.2 Å². The quantitative estimate of drug-likeness (QED) is 0.744. The Kier molecular flexibility index (Phi) is 3.97. The number of halogens is 3. The van der Waals surface area contributed by atoms with E-state index >= 15 is 0 Å². The van der Waals surface area contributed by atoms with Gasteiger partial charge in [0.1, 0.15) is 5.69 Å². The van der Waals surface area contributed by atoms with Crippen LogP contribution in [0.3, 0.4) is 0 Å². The third kappa shape index (κ3) is 4.10. The molecule has 1 aromatic heterocycles. The Morgan fingerprint density at radius 2 is 1.81 bits per heavy atom. The summed E-state index contributed by atoms with van der Waals surface area (Å²) >= 11 is 0. The lowest BCUT2D eigenvalue weighted by atomic mass is 10.3. The van der Waals surface area contributed by atoms with Crippen LogP contribution in [0.4, 0.5) is 35.0 Å². The van der Waals surface area contributed by atoms with Gasteiger partial charge in [0.2, 0.25) is 0 Å². The van der Waals surface area contributed by atoms with E-state index in [1.807, 2.05) is 0 Å². The number of carbonyl (C=O) groups excluding carboxylic acids is 1. The zero-order chi connectivity index (χ0) is 15.5. The zero-order valence-electron chi connectivity index (χ0n) is 10.6. The van der Waals surface area contributed by atoms with Crippen molar-refractivity contribution in [1.29, 1.82) is 0 Å². The molecule has 1 heterocycles. The first kappa shape index (κ1) is 14.6. The summed E-state index contributed by atoms with van der Waals surface area (Å²) in [4.78, 5) is 14.9. The van der Waals surface area contributed by atoms with Crippen molar-refractivity contribution in [3.8, 4) is 0 Å². The van der Waals surface area contributed by atoms with Gasteiger partial charge in [0.05, 0.1) is 11.9 Å². The van der Waals surface area contributed by atoms with E-state index < -0.39 is 17.9 Å². The summed E-state index contributed by atoms with van der Waals surface area (Å²) < 4.78 is 37.0. The number of hydrogen-bond donors (Lipinski definition) is 3. The van der Waals surface area contributed by atoms with Crippen LogP contribution in [-0.4, -0.2) is 11.0 Å². The number of rotatable bonds is 2. The molecule has 0 spiro atoms. The molecule has 1 aromatic carbocycles. The van der Waals surface area contributed by atoms with Crippen molar-refractivity contribution in [2.75, 3.05) is 16.4 Å². The molecular weight excluding hydrogens is 285 g/mol. The van der Waals surface area contributed by atoms with Gasteiger partial charge in [0.25, 0.3) is 0 Å². The summed E-state index contributed by atoms with van der Waals surface area (Å²) in [6, 6.07) is 7.78. The smallest absolute Gasteiger partial charge is 0.399 e. The van der Waals surface area contributed by atoms with Gasteiger partial charge in [-0.15, -0.1) is 0 Å². The molecular formula is C13H11F3N4O. The predicted octanol–water partition coefficient (Wildman–Crippen LogP) is 3.33. The molecule has 0 unspecified atom stereocenters. The zero-order valence-corrected chi connectivity index (χ0v) is 10.6. The van der Waals surface area contributed by atoms with E-state index in [1.165, 1.54) is 0 Å². The molecule has 0 bridgehead atoms. The second-order valence-electron chi connectivity index (χ2n) is 4.13. The summed E-state index contributed by atoms with van der Waals surface area (Å²) in [5, 5.41) is 4.86. The monoisotopic (exact) mass is 296 g/mol. The molecule has 2 amide bonds. The Labute approximate surface area is 118 Å². The van der Waals surface area contributed by atoms with E-state index in [2.05, 4.69) is 15.6 Å². The van der Waals surface area contributed by atoms with Crippen LogP contribution in [-0.2, 0) is 6.18 Å². The fourth-order valence-corrected chi connectivity index (χ4v) is 1.55. The third-order valence-electron chi connectivity index (χ3n) is 2.46. The van der Waals surface area contributed by atoms with Gasteiger partial charge in [-0.05, 0) is 30.3 Å². The van der Waals surface area contributed by atoms with E-state index in [1.54, 1.807) is 24.3 Å². The van der Waals surface area contributed by atoms with Crippen LogP contribution in [0.25, 0.3) is 0 Å². The Balaban J connectivity index is 2.00. The highest BCUT2D eigenvalue weighted by atomic mass is 19.4. The van der Waals surface area contributed by atoms with Crippen molar-refractivity contribution in [3.05, 3.63) is 48.3 Å². The van der Waals surface area contributed by atoms with Gasteiger partial charge in [0, 0.05) is 11.4 Å². The Bertz CT molecular complexity index is 641. The number of nitrogens with one attached hydrogen (secondary N) is 2. The molecule has 0 atom stereocenters.